The summed E-state index contributed by atoms with van der Waals surface area (Å²) < 4.78 is 25.4. The summed E-state index contributed by atoms with van der Waals surface area (Å²) in [6.45, 7) is 19.0. The van der Waals surface area contributed by atoms with E-state index in [1.165, 1.54) is 6.92 Å². The second kappa shape index (κ2) is 14.1. The van der Waals surface area contributed by atoms with Crippen LogP contribution in [0.3, 0.4) is 0 Å². The van der Waals surface area contributed by atoms with Gasteiger partial charge in [0, 0.05) is 19.7 Å². The van der Waals surface area contributed by atoms with Crippen LogP contribution in [0.25, 0.3) is 0 Å². The van der Waals surface area contributed by atoms with Crippen molar-refractivity contribution in [1.82, 2.24) is 15.0 Å². The van der Waals surface area contributed by atoms with Crippen molar-refractivity contribution in [2.75, 3.05) is 19.8 Å². The number of rotatable bonds is 16. The van der Waals surface area contributed by atoms with Gasteiger partial charge in [0.15, 0.2) is 11.5 Å². The largest absolute Gasteiger partial charge is 0.490 e. The van der Waals surface area contributed by atoms with Crippen molar-refractivity contribution in [1.29, 1.82) is 0 Å². The number of aryl methyl sites for hydroxylation is 2. The molecule has 0 atom stereocenters. The molecule has 2 rings (SSSR count). The second-order valence-electron chi connectivity index (χ2n) is 12.4. The molecule has 0 fully saturated rings. The van der Waals surface area contributed by atoms with Crippen molar-refractivity contribution >= 4 is 13.8 Å². The molecule has 0 amide bonds. The highest BCUT2D eigenvalue weighted by Crippen LogP contribution is 2.29. The lowest BCUT2D eigenvalue weighted by molar-refractivity contribution is -0.132. The van der Waals surface area contributed by atoms with Gasteiger partial charge in [0.05, 0.1) is 36.7 Å². The lowest BCUT2D eigenvalue weighted by Gasteiger charge is -2.32. The number of carbonyl (C=O) groups is 1. The number of hydrogen-bond acceptors (Lipinski definition) is 7. The van der Waals surface area contributed by atoms with E-state index in [0.717, 1.165) is 56.4 Å². The molecule has 2 aromatic rings. The van der Waals surface area contributed by atoms with Crippen LogP contribution in [0.15, 0.2) is 24.4 Å². The fourth-order valence-corrected chi connectivity index (χ4v) is 3.64. The van der Waals surface area contributed by atoms with Crippen molar-refractivity contribution in [3.05, 3.63) is 35.7 Å². The number of carbonyl (C=O) groups excluding carboxylic acids is 1. The van der Waals surface area contributed by atoms with Crippen molar-refractivity contribution in [2.24, 2.45) is 5.41 Å². The lowest BCUT2D eigenvalue weighted by Crippen LogP contribution is -2.33. The minimum Gasteiger partial charge on any atom is -0.490 e. The minimum absolute atomic E-state index is 0.149. The molecule has 0 N–H and O–H groups in total. The van der Waals surface area contributed by atoms with E-state index in [1.807, 2.05) is 23.0 Å². The number of benzene rings is 1. The van der Waals surface area contributed by atoms with Crippen molar-refractivity contribution < 1.29 is 23.7 Å². The van der Waals surface area contributed by atoms with E-state index >= 15 is 0 Å². The molecule has 0 aliphatic carbocycles. The van der Waals surface area contributed by atoms with Crippen LogP contribution >= 0.6 is 0 Å². The Balaban J connectivity index is 1.74. The molecule has 0 unspecified atom stereocenters. The number of nitrogens with zero attached hydrogens (tertiary/aromatic N) is 3. The Hall–Kier alpha value is -2.39. The summed E-state index contributed by atoms with van der Waals surface area (Å²) in [5.74, 6) is 0.680. The molecule has 8 nitrogen and oxygen atoms in total. The van der Waals surface area contributed by atoms with Gasteiger partial charge >= 0.3 is 5.97 Å². The van der Waals surface area contributed by atoms with Gasteiger partial charge in [-0.3, -0.25) is 9.48 Å². The van der Waals surface area contributed by atoms with Crippen molar-refractivity contribution in [2.45, 2.75) is 105 Å². The van der Waals surface area contributed by atoms with Crippen LogP contribution in [0.2, 0.25) is 0 Å². The maximum absolute atomic E-state index is 11.4. The van der Waals surface area contributed by atoms with Crippen LogP contribution < -0.4 is 9.47 Å². The Labute approximate surface area is 230 Å². The number of aromatic nitrogens is 3. The Bertz CT molecular complexity index is 1010. The predicted molar refractivity (Wildman–Crippen MR) is 153 cm³/mol. The summed E-state index contributed by atoms with van der Waals surface area (Å²) in [7, 11) is 2.08. The standard InChI is InChI=1S/C29H48BN3O5/c1-22(34)38-25-12-11-23(19-30)18-26(25)35-16-9-10-24-20-33(32-31-24)15-13-28(5,6)36-17-14-29(7,8)37-21-27(2,3)4/h11-12,18,20H,9-10,13-17,19,21,30H2,1-8H3. The molecule has 0 saturated heterocycles. The zero-order chi connectivity index (χ0) is 28.4. The Morgan fingerprint density at radius 1 is 0.974 bits per heavy atom. The van der Waals surface area contributed by atoms with Gasteiger partial charge in [0.25, 0.3) is 0 Å². The Morgan fingerprint density at radius 3 is 2.34 bits per heavy atom. The quantitative estimate of drug-likeness (QED) is 0.134. The molecule has 1 aromatic carbocycles. The maximum Gasteiger partial charge on any atom is 0.308 e. The third-order valence-corrected chi connectivity index (χ3v) is 6.13. The highest BCUT2D eigenvalue weighted by atomic mass is 16.6. The van der Waals surface area contributed by atoms with Gasteiger partial charge in [0.2, 0.25) is 0 Å². The van der Waals surface area contributed by atoms with Gasteiger partial charge in [-0.1, -0.05) is 43.9 Å². The summed E-state index contributed by atoms with van der Waals surface area (Å²) in [5.41, 5.74) is 1.72. The Morgan fingerprint density at radius 2 is 1.68 bits per heavy atom. The van der Waals surface area contributed by atoms with Crippen LogP contribution in [0.4, 0.5) is 0 Å². The number of hydrogen-bond donors (Lipinski definition) is 0. The van der Waals surface area contributed by atoms with Crippen LogP contribution in [-0.4, -0.2) is 59.8 Å². The van der Waals surface area contributed by atoms with Crippen LogP contribution in [0, 0.1) is 5.41 Å². The molecule has 0 aliphatic heterocycles. The first kappa shape index (κ1) is 31.8. The molecule has 0 saturated carbocycles. The molecule has 9 heteroatoms. The maximum atomic E-state index is 11.4. The van der Waals surface area contributed by atoms with Gasteiger partial charge in [-0.2, -0.15) is 0 Å². The average Bonchev–Trinajstić information content (AvgIpc) is 3.27. The van der Waals surface area contributed by atoms with E-state index < -0.39 is 0 Å². The van der Waals surface area contributed by atoms with Crippen LogP contribution in [0.1, 0.15) is 85.9 Å². The van der Waals surface area contributed by atoms with Crippen LogP contribution in [0.5, 0.6) is 11.5 Å². The first-order valence-corrected chi connectivity index (χ1v) is 13.8. The highest BCUT2D eigenvalue weighted by molar-refractivity contribution is 6.08. The zero-order valence-electron chi connectivity index (χ0n) is 25.1. The normalized spacial score (nSPS) is 12.5. The van der Waals surface area contributed by atoms with E-state index in [2.05, 4.69) is 66.6 Å². The average molecular weight is 530 g/mol. The van der Waals surface area contributed by atoms with E-state index in [1.54, 1.807) is 6.07 Å². The first-order chi connectivity index (χ1) is 17.7. The first-order valence-electron chi connectivity index (χ1n) is 13.8. The summed E-state index contributed by atoms with van der Waals surface area (Å²) in [4.78, 5) is 11.4. The molecular formula is C29H48BN3O5. The van der Waals surface area contributed by atoms with E-state index in [9.17, 15) is 4.79 Å². The fourth-order valence-electron chi connectivity index (χ4n) is 3.64. The molecule has 1 aromatic heterocycles. The third-order valence-electron chi connectivity index (χ3n) is 6.13. The summed E-state index contributed by atoms with van der Waals surface area (Å²) >= 11 is 0. The number of ether oxygens (including phenoxy) is 4. The van der Waals surface area contributed by atoms with Gasteiger partial charge in [-0.05, 0) is 70.9 Å². The minimum atomic E-state index is -0.363. The molecule has 0 bridgehead atoms. The molecule has 0 spiro atoms. The third kappa shape index (κ3) is 12.4. The summed E-state index contributed by atoms with van der Waals surface area (Å²) in [6, 6.07) is 5.66. The van der Waals surface area contributed by atoms with Gasteiger partial charge in [0.1, 0.15) is 7.85 Å². The molecule has 212 valence electrons. The monoisotopic (exact) mass is 529 g/mol. The number of esters is 1. The molecule has 0 aliphatic rings. The molecule has 0 radical (unpaired) electrons. The smallest absolute Gasteiger partial charge is 0.308 e. The zero-order valence-corrected chi connectivity index (χ0v) is 25.1. The SMILES string of the molecule is BCc1ccc(OC(C)=O)c(OCCCc2cn(CCC(C)(C)OCCC(C)(C)OCC(C)(C)C)nn2)c1. The highest BCUT2D eigenvalue weighted by Gasteiger charge is 2.25. The molecule has 38 heavy (non-hydrogen) atoms. The summed E-state index contributed by atoms with van der Waals surface area (Å²) in [5, 5.41) is 8.60. The second-order valence-corrected chi connectivity index (χ2v) is 12.4. The summed E-state index contributed by atoms with van der Waals surface area (Å²) in [6.07, 6.45) is 6.06. The molecule has 1 heterocycles. The van der Waals surface area contributed by atoms with Gasteiger partial charge < -0.3 is 18.9 Å². The lowest BCUT2D eigenvalue weighted by atomic mass is 9.97. The Kier molecular flexibility index (Phi) is 11.8. The van der Waals surface area contributed by atoms with E-state index in [-0.39, 0.29) is 22.6 Å². The van der Waals surface area contributed by atoms with Gasteiger partial charge in [-0.25, -0.2) is 0 Å². The van der Waals surface area contributed by atoms with Crippen LogP contribution in [-0.2, 0) is 33.6 Å². The van der Waals surface area contributed by atoms with E-state index in [0.29, 0.717) is 24.7 Å². The topological polar surface area (TPSA) is 84.7 Å². The fraction of sp³-hybridized carbons (Fsp3) is 0.690. The van der Waals surface area contributed by atoms with E-state index in [4.69, 9.17) is 18.9 Å². The van der Waals surface area contributed by atoms with Crippen molar-refractivity contribution in [3.63, 3.8) is 0 Å². The van der Waals surface area contributed by atoms with Gasteiger partial charge in [-0.15, -0.1) is 5.10 Å². The van der Waals surface area contributed by atoms with Crippen molar-refractivity contribution in [3.8, 4) is 11.5 Å². The molecular weight excluding hydrogens is 481 g/mol. The predicted octanol–water partition coefficient (Wildman–Crippen LogP) is 4.76.